The number of rotatable bonds is 10. The van der Waals surface area contributed by atoms with Crippen LogP contribution in [-0.2, 0) is 11.2 Å². The quantitative estimate of drug-likeness (QED) is 0.513. The highest BCUT2D eigenvalue weighted by Crippen LogP contribution is 2.12. The van der Waals surface area contributed by atoms with E-state index in [1.807, 2.05) is 24.3 Å². The molecule has 0 aliphatic heterocycles. The zero-order chi connectivity index (χ0) is 14.8. The average Bonchev–Trinajstić information content (AvgIpc) is 2.45. The Kier molecular flexibility index (Phi) is 7.63. The van der Waals surface area contributed by atoms with E-state index in [1.54, 1.807) is 0 Å². The summed E-state index contributed by atoms with van der Waals surface area (Å²) in [6, 6.07) is 7.58. The van der Waals surface area contributed by atoms with Gasteiger partial charge in [0.15, 0.2) is 5.78 Å². The number of benzene rings is 1. The Balaban J connectivity index is 2.36. The van der Waals surface area contributed by atoms with Gasteiger partial charge in [-0.2, -0.15) is 0 Å². The fraction of sp³-hybridized carbons (Fsp3) is 0.529. The summed E-state index contributed by atoms with van der Waals surface area (Å²) in [5.41, 5.74) is 1.86. The first-order chi connectivity index (χ1) is 9.63. The summed E-state index contributed by atoms with van der Waals surface area (Å²) in [6.07, 6.45) is 7.32. The second kappa shape index (κ2) is 9.29. The van der Waals surface area contributed by atoms with Gasteiger partial charge in [-0.15, -0.1) is 0 Å². The summed E-state index contributed by atoms with van der Waals surface area (Å²) in [6.45, 7) is 2.21. The summed E-state index contributed by atoms with van der Waals surface area (Å²) in [5, 5.41) is 8.56. The van der Waals surface area contributed by atoms with Crippen molar-refractivity contribution in [3.8, 4) is 0 Å². The van der Waals surface area contributed by atoms with Crippen LogP contribution in [0.4, 0.5) is 0 Å². The first-order valence-corrected chi connectivity index (χ1v) is 7.47. The maximum atomic E-state index is 11.7. The maximum absolute atomic E-state index is 11.7. The van der Waals surface area contributed by atoms with Gasteiger partial charge in [-0.3, -0.25) is 9.59 Å². The Morgan fingerprint density at radius 3 is 2.20 bits per heavy atom. The van der Waals surface area contributed by atoms with Gasteiger partial charge in [0.1, 0.15) is 0 Å². The molecule has 1 aromatic carbocycles. The number of carbonyl (C=O) groups is 2. The summed E-state index contributed by atoms with van der Waals surface area (Å²) in [4.78, 5) is 22.2. The molecule has 0 fully saturated rings. The molecule has 0 saturated carbocycles. The van der Waals surface area contributed by atoms with Gasteiger partial charge in [0.25, 0.3) is 0 Å². The SMILES string of the molecule is CCCCCCCc1ccc(C(=O)CCC(=O)O)cc1. The highest BCUT2D eigenvalue weighted by Gasteiger charge is 2.08. The van der Waals surface area contributed by atoms with Gasteiger partial charge >= 0.3 is 5.97 Å². The van der Waals surface area contributed by atoms with E-state index in [-0.39, 0.29) is 18.6 Å². The number of aryl methyl sites for hydroxylation is 1. The summed E-state index contributed by atoms with van der Waals surface area (Å²) in [5.74, 6) is -1.02. The van der Waals surface area contributed by atoms with Gasteiger partial charge < -0.3 is 5.11 Å². The molecule has 1 N–H and O–H groups in total. The van der Waals surface area contributed by atoms with Crippen molar-refractivity contribution in [2.24, 2.45) is 0 Å². The van der Waals surface area contributed by atoms with Crippen LogP contribution in [0.1, 0.15) is 67.8 Å². The van der Waals surface area contributed by atoms with Gasteiger partial charge in [-0.05, 0) is 18.4 Å². The second-order valence-electron chi connectivity index (χ2n) is 5.18. The molecule has 0 radical (unpaired) electrons. The number of carboxylic acids is 1. The summed E-state index contributed by atoms with van der Waals surface area (Å²) >= 11 is 0. The van der Waals surface area contributed by atoms with Crippen LogP contribution < -0.4 is 0 Å². The zero-order valence-corrected chi connectivity index (χ0v) is 12.2. The van der Waals surface area contributed by atoms with Crippen molar-refractivity contribution in [3.63, 3.8) is 0 Å². The van der Waals surface area contributed by atoms with E-state index in [0.29, 0.717) is 5.56 Å². The van der Waals surface area contributed by atoms with E-state index in [0.717, 1.165) is 6.42 Å². The number of carbonyl (C=O) groups excluding carboxylic acids is 1. The molecule has 0 amide bonds. The summed E-state index contributed by atoms with van der Waals surface area (Å²) in [7, 11) is 0. The molecule has 0 spiro atoms. The van der Waals surface area contributed by atoms with E-state index in [2.05, 4.69) is 6.92 Å². The van der Waals surface area contributed by atoms with E-state index in [1.165, 1.54) is 37.7 Å². The smallest absolute Gasteiger partial charge is 0.303 e. The minimum atomic E-state index is -0.929. The van der Waals surface area contributed by atoms with Crippen LogP contribution in [0.5, 0.6) is 0 Å². The average molecular weight is 276 g/mol. The largest absolute Gasteiger partial charge is 0.481 e. The molecule has 0 aliphatic rings. The fourth-order valence-electron chi connectivity index (χ4n) is 2.15. The van der Waals surface area contributed by atoms with Crippen LogP contribution >= 0.6 is 0 Å². The maximum Gasteiger partial charge on any atom is 0.303 e. The monoisotopic (exact) mass is 276 g/mol. The lowest BCUT2D eigenvalue weighted by molar-refractivity contribution is -0.136. The van der Waals surface area contributed by atoms with Crippen LogP contribution in [0.25, 0.3) is 0 Å². The van der Waals surface area contributed by atoms with Crippen molar-refractivity contribution in [1.82, 2.24) is 0 Å². The second-order valence-corrected chi connectivity index (χ2v) is 5.18. The van der Waals surface area contributed by atoms with Crippen LogP contribution in [0.15, 0.2) is 24.3 Å². The van der Waals surface area contributed by atoms with Crippen molar-refractivity contribution < 1.29 is 14.7 Å². The number of aliphatic carboxylic acids is 1. The molecule has 3 nitrogen and oxygen atoms in total. The molecule has 110 valence electrons. The first-order valence-electron chi connectivity index (χ1n) is 7.47. The van der Waals surface area contributed by atoms with Crippen molar-refractivity contribution >= 4 is 11.8 Å². The number of hydrogen-bond donors (Lipinski definition) is 1. The van der Waals surface area contributed by atoms with Gasteiger partial charge in [-0.1, -0.05) is 56.9 Å². The Labute approximate surface area is 121 Å². The Morgan fingerprint density at radius 2 is 1.60 bits per heavy atom. The number of unbranched alkanes of at least 4 members (excludes halogenated alkanes) is 4. The minimum Gasteiger partial charge on any atom is -0.481 e. The molecular formula is C17H24O3. The van der Waals surface area contributed by atoms with Crippen LogP contribution in [0, 0.1) is 0 Å². The van der Waals surface area contributed by atoms with Crippen molar-refractivity contribution in [2.75, 3.05) is 0 Å². The lowest BCUT2D eigenvalue weighted by atomic mass is 10.0. The Morgan fingerprint density at radius 1 is 0.950 bits per heavy atom. The highest BCUT2D eigenvalue weighted by molar-refractivity contribution is 5.97. The number of hydrogen-bond acceptors (Lipinski definition) is 2. The molecule has 1 rings (SSSR count). The number of Topliss-reactive ketones (excluding diaryl/α,β-unsaturated/α-hetero) is 1. The van der Waals surface area contributed by atoms with E-state index >= 15 is 0 Å². The molecule has 0 saturated heterocycles. The Bertz CT molecular complexity index is 420. The zero-order valence-electron chi connectivity index (χ0n) is 12.2. The van der Waals surface area contributed by atoms with Crippen LogP contribution in [0.2, 0.25) is 0 Å². The fourth-order valence-corrected chi connectivity index (χ4v) is 2.15. The third-order valence-electron chi connectivity index (χ3n) is 3.41. The number of carboxylic acid groups (broad SMARTS) is 1. The van der Waals surface area contributed by atoms with Gasteiger partial charge in [0.2, 0.25) is 0 Å². The topological polar surface area (TPSA) is 54.4 Å². The molecule has 20 heavy (non-hydrogen) atoms. The lowest BCUT2D eigenvalue weighted by Crippen LogP contribution is -2.03. The standard InChI is InChI=1S/C17H24O3/c1-2-3-4-5-6-7-14-8-10-15(11-9-14)16(18)12-13-17(19)20/h8-11H,2-7,12-13H2,1H3,(H,19,20). The molecule has 1 aromatic rings. The molecule has 0 aromatic heterocycles. The van der Waals surface area contributed by atoms with Crippen molar-refractivity contribution in [1.29, 1.82) is 0 Å². The predicted molar refractivity (Wildman–Crippen MR) is 80.1 cm³/mol. The first kappa shape index (κ1) is 16.4. The van der Waals surface area contributed by atoms with Crippen molar-refractivity contribution in [2.45, 2.75) is 58.3 Å². The molecular weight excluding hydrogens is 252 g/mol. The molecule has 0 aliphatic carbocycles. The normalized spacial score (nSPS) is 10.4. The van der Waals surface area contributed by atoms with Crippen LogP contribution in [-0.4, -0.2) is 16.9 Å². The van der Waals surface area contributed by atoms with Gasteiger partial charge in [-0.25, -0.2) is 0 Å². The van der Waals surface area contributed by atoms with E-state index in [9.17, 15) is 9.59 Å². The minimum absolute atomic E-state index is 0.0751. The third kappa shape index (κ3) is 6.50. The van der Waals surface area contributed by atoms with Gasteiger partial charge in [0.05, 0.1) is 6.42 Å². The summed E-state index contributed by atoms with van der Waals surface area (Å²) < 4.78 is 0. The molecule has 0 atom stereocenters. The van der Waals surface area contributed by atoms with Gasteiger partial charge in [0, 0.05) is 12.0 Å². The van der Waals surface area contributed by atoms with E-state index < -0.39 is 5.97 Å². The Hall–Kier alpha value is -1.64. The molecule has 3 heteroatoms. The predicted octanol–water partition coefficient (Wildman–Crippen LogP) is 4.25. The van der Waals surface area contributed by atoms with E-state index in [4.69, 9.17) is 5.11 Å². The van der Waals surface area contributed by atoms with Crippen LogP contribution in [0.3, 0.4) is 0 Å². The molecule has 0 unspecified atom stereocenters. The lowest BCUT2D eigenvalue weighted by Gasteiger charge is -2.04. The van der Waals surface area contributed by atoms with Crippen molar-refractivity contribution in [3.05, 3.63) is 35.4 Å². The highest BCUT2D eigenvalue weighted by atomic mass is 16.4. The number of ketones is 1. The molecule has 0 heterocycles. The molecule has 0 bridgehead atoms. The third-order valence-corrected chi connectivity index (χ3v) is 3.41.